The molecule has 3 heterocycles. The lowest BCUT2D eigenvalue weighted by Gasteiger charge is -2.16. The number of carbonyl (C=O) groups is 1. The maximum absolute atomic E-state index is 12.6. The van der Waals surface area contributed by atoms with E-state index in [0.29, 0.717) is 19.0 Å². The van der Waals surface area contributed by atoms with Crippen LogP contribution in [0.15, 0.2) is 36.5 Å². The Morgan fingerprint density at radius 2 is 2.10 bits per heavy atom. The van der Waals surface area contributed by atoms with Gasteiger partial charge in [0.15, 0.2) is 5.65 Å². The molecule has 0 saturated carbocycles. The molecule has 1 aromatic carbocycles. The summed E-state index contributed by atoms with van der Waals surface area (Å²) in [6.07, 6.45) is 7.61. The Balaban J connectivity index is 1.28. The van der Waals surface area contributed by atoms with Crippen LogP contribution in [0, 0.1) is 0 Å². The second kappa shape index (κ2) is 7.95. The lowest BCUT2D eigenvalue weighted by molar-refractivity contribution is 0.0952. The first-order chi connectivity index (χ1) is 14.3. The minimum absolute atomic E-state index is 0.0111. The number of rotatable bonds is 5. The number of hydrogen-bond donors (Lipinski definition) is 2. The van der Waals surface area contributed by atoms with Gasteiger partial charge in [-0.25, -0.2) is 9.67 Å². The van der Waals surface area contributed by atoms with Crippen LogP contribution in [-0.4, -0.2) is 40.3 Å². The van der Waals surface area contributed by atoms with Crippen LogP contribution < -0.4 is 10.6 Å². The summed E-state index contributed by atoms with van der Waals surface area (Å²) in [6, 6.07) is 10.2. The number of nitrogens with zero attached hydrogens (tertiary/aromatic N) is 3. The summed E-state index contributed by atoms with van der Waals surface area (Å²) in [7, 11) is 0. The highest BCUT2D eigenvalue weighted by atomic mass is 16.1. The first-order valence-corrected chi connectivity index (χ1v) is 10.7. The Hall–Kier alpha value is -2.73. The molecule has 29 heavy (non-hydrogen) atoms. The molecule has 1 aliphatic carbocycles. The van der Waals surface area contributed by atoms with Crippen molar-refractivity contribution in [2.24, 2.45) is 0 Å². The van der Waals surface area contributed by atoms with E-state index in [9.17, 15) is 4.79 Å². The van der Waals surface area contributed by atoms with E-state index in [1.807, 2.05) is 23.0 Å². The quantitative estimate of drug-likeness (QED) is 0.704. The Morgan fingerprint density at radius 1 is 1.21 bits per heavy atom. The van der Waals surface area contributed by atoms with E-state index in [4.69, 9.17) is 5.10 Å². The fraction of sp³-hybridized carbons (Fsp3) is 0.435. The van der Waals surface area contributed by atoms with Crippen molar-refractivity contribution in [1.29, 1.82) is 0 Å². The molecule has 6 nitrogen and oxygen atoms in total. The Labute approximate surface area is 170 Å². The van der Waals surface area contributed by atoms with Gasteiger partial charge in [-0.2, -0.15) is 5.10 Å². The first kappa shape index (κ1) is 18.3. The van der Waals surface area contributed by atoms with Gasteiger partial charge in [0.2, 0.25) is 0 Å². The van der Waals surface area contributed by atoms with Gasteiger partial charge < -0.3 is 10.6 Å². The second-order valence-corrected chi connectivity index (χ2v) is 8.12. The van der Waals surface area contributed by atoms with Crippen LogP contribution in [0.25, 0.3) is 11.0 Å². The largest absolute Gasteiger partial charge is 0.350 e. The minimum Gasteiger partial charge on any atom is -0.350 e. The van der Waals surface area contributed by atoms with Crippen molar-refractivity contribution < 1.29 is 4.79 Å². The predicted octanol–water partition coefficient (Wildman–Crippen LogP) is 2.82. The van der Waals surface area contributed by atoms with Crippen molar-refractivity contribution in [2.75, 3.05) is 19.6 Å². The average molecular weight is 390 g/mol. The molecule has 2 aromatic heterocycles. The van der Waals surface area contributed by atoms with Crippen LogP contribution in [0.4, 0.5) is 0 Å². The number of carbonyl (C=O) groups excluding carboxylic acids is 1. The van der Waals surface area contributed by atoms with E-state index >= 15 is 0 Å². The van der Waals surface area contributed by atoms with Gasteiger partial charge in [-0.05, 0) is 74.0 Å². The van der Waals surface area contributed by atoms with Crippen molar-refractivity contribution in [3.05, 3.63) is 58.9 Å². The lowest BCUT2D eigenvalue weighted by Crippen LogP contribution is -2.28. The van der Waals surface area contributed by atoms with Crippen molar-refractivity contribution in [2.45, 2.75) is 44.6 Å². The van der Waals surface area contributed by atoms with Crippen LogP contribution in [0.3, 0.4) is 0 Å². The summed E-state index contributed by atoms with van der Waals surface area (Å²) in [5.74, 6) is 0.427. The molecular formula is C23H27N5O. The highest BCUT2D eigenvalue weighted by Gasteiger charge is 2.23. The summed E-state index contributed by atoms with van der Waals surface area (Å²) in [5.41, 5.74) is 5.51. The minimum atomic E-state index is -0.0111. The van der Waals surface area contributed by atoms with E-state index < -0.39 is 0 Å². The molecule has 1 atom stereocenters. The van der Waals surface area contributed by atoms with E-state index in [1.165, 1.54) is 24.0 Å². The number of aromatic nitrogens is 3. The van der Waals surface area contributed by atoms with E-state index in [1.54, 1.807) is 0 Å². The number of nitrogens with one attached hydrogen (secondary N) is 2. The van der Waals surface area contributed by atoms with E-state index in [0.717, 1.165) is 54.6 Å². The molecule has 0 bridgehead atoms. The van der Waals surface area contributed by atoms with Gasteiger partial charge in [0.05, 0.1) is 12.2 Å². The van der Waals surface area contributed by atoms with Crippen LogP contribution >= 0.6 is 0 Å². The molecule has 0 spiro atoms. The zero-order chi connectivity index (χ0) is 19.6. The van der Waals surface area contributed by atoms with Gasteiger partial charge in [0.1, 0.15) is 0 Å². The number of amides is 1. The van der Waals surface area contributed by atoms with Crippen molar-refractivity contribution in [1.82, 2.24) is 25.4 Å². The summed E-state index contributed by atoms with van der Waals surface area (Å²) >= 11 is 0. The predicted molar refractivity (Wildman–Crippen MR) is 113 cm³/mol. The number of pyridine rings is 1. The standard InChI is InChI=1S/C23H27N5O/c29-23(18-8-7-16-4-1-2-5-17(16)14-18)26-12-13-28-22-20(6-3-10-25-22)21(27-28)19-9-11-24-15-19/h3,6-8,10,14,19,24H,1-2,4-5,9,11-13,15H2,(H,26,29). The third-order valence-corrected chi connectivity index (χ3v) is 6.20. The molecule has 0 radical (unpaired) electrons. The summed E-state index contributed by atoms with van der Waals surface area (Å²) in [6.45, 7) is 3.15. The Bertz CT molecular complexity index is 1030. The number of fused-ring (bicyclic) bond motifs is 2. The molecule has 5 rings (SSSR count). The lowest BCUT2D eigenvalue weighted by atomic mass is 9.90. The number of hydrogen-bond acceptors (Lipinski definition) is 4. The summed E-state index contributed by atoms with van der Waals surface area (Å²) < 4.78 is 1.94. The molecule has 1 unspecified atom stereocenters. The molecule has 1 aliphatic heterocycles. The van der Waals surface area contributed by atoms with Gasteiger partial charge in [0, 0.05) is 36.2 Å². The fourth-order valence-electron chi connectivity index (χ4n) is 4.63. The van der Waals surface area contributed by atoms with Gasteiger partial charge in [-0.1, -0.05) is 6.07 Å². The third kappa shape index (κ3) is 3.65. The molecule has 6 heteroatoms. The van der Waals surface area contributed by atoms with Gasteiger partial charge >= 0.3 is 0 Å². The molecule has 150 valence electrons. The monoisotopic (exact) mass is 389 g/mol. The van der Waals surface area contributed by atoms with Crippen LogP contribution in [0.1, 0.15) is 52.4 Å². The highest BCUT2D eigenvalue weighted by molar-refractivity contribution is 5.94. The van der Waals surface area contributed by atoms with Crippen molar-refractivity contribution >= 4 is 16.9 Å². The Kier molecular flexibility index (Phi) is 5.02. The van der Waals surface area contributed by atoms with Crippen LogP contribution in [0.2, 0.25) is 0 Å². The van der Waals surface area contributed by atoms with Crippen LogP contribution in [-0.2, 0) is 19.4 Å². The van der Waals surface area contributed by atoms with Crippen LogP contribution in [0.5, 0.6) is 0 Å². The molecule has 1 fully saturated rings. The molecule has 3 aromatic rings. The molecule has 1 amide bonds. The zero-order valence-electron chi connectivity index (χ0n) is 16.7. The fourth-order valence-corrected chi connectivity index (χ4v) is 4.63. The maximum atomic E-state index is 12.6. The smallest absolute Gasteiger partial charge is 0.251 e. The third-order valence-electron chi connectivity index (χ3n) is 6.20. The van der Waals surface area contributed by atoms with Crippen molar-refractivity contribution in [3.8, 4) is 0 Å². The van der Waals surface area contributed by atoms with Gasteiger partial charge in [-0.15, -0.1) is 0 Å². The van der Waals surface area contributed by atoms with Gasteiger partial charge in [-0.3, -0.25) is 4.79 Å². The number of aryl methyl sites for hydroxylation is 2. The van der Waals surface area contributed by atoms with Gasteiger partial charge in [0.25, 0.3) is 5.91 Å². The van der Waals surface area contributed by atoms with E-state index in [-0.39, 0.29) is 5.91 Å². The highest BCUT2D eigenvalue weighted by Crippen LogP contribution is 2.28. The molecule has 2 aliphatic rings. The maximum Gasteiger partial charge on any atom is 0.251 e. The number of benzene rings is 1. The van der Waals surface area contributed by atoms with Crippen molar-refractivity contribution in [3.63, 3.8) is 0 Å². The first-order valence-electron chi connectivity index (χ1n) is 10.7. The summed E-state index contributed by atoms with van der Waals surface area (Å²) in [4.78, 5) is 17.2. The second-order valence-electron chi connectivity index (χ2n) is 8.12. The summed E-state index contributed by atoms with van der Waals surface area (Å²) in [5, 5.41) is 12.5. The zero-order valence-corrected chi connectivity index (χ0v) is 16.7. The molecule has 1 saturated heterocycles. The average Bonchev–Trinajstić information content (AvgIpc) is 3.42. The topological polar surface area (TPSA) is 71.8 Å². The Morgan fingerprint density at radius 3 is 2.97 bits per heavy atom. The normalized spacial score (nSPS) is 18.7. The molecular weight excluding hydrogens is 362 g/mol. The van der Waals surface area contributed by atoms with E-state index in [2.05, 4.69) is 33.8 Å². The molecule has 2 N–H and O–H groups in total. The SMILES string of the molecule is O=C(NCCn1nc(C2CCNC2)c2cccnc21)c1ccc2c(c1)CCCC2.